The van der Waals surface area contributed by atoms with Crippen molar-refractivity contribution in [1.82, 2.24) is 4.98 Å². The minimum absolute atomic E-state index is 0.191. The molecule has 0 aliphatic heterocycles. The molecule has 0 spiro atoms. The molecule has 1 fully saturated rings. The summed E-state index contributed by atoms with van der Waals surface area (Å²) >= 11 is 0. The summed E-state index contributed by atoms with van der Waals surface area (Å²) in [4.78, 5) is 3.56. The van der Waals surface area contributed by atoms with Crippen LogP contribution in [0.15, 0.2) is 18.2 Å². The van der Waals surface area contributed by atoms with Crippen LogP contribution in [0.3, 0.4) is 0 Å². The molecule has 1 heterocycles. The fourth-order valence-corrected chi connectivity index (χ4v) is 1.62. The Balaban J connectivity index is 2.09. The molecule has 0 bridgehead atoms. The predicted molar refractivity (Wildman–Crippen MR) is 55.0 cm³/mol. The quantitative estimate of drug-likeness (QED) is 0.861. The van der Waals surface area contributed by atoms with Gasteiger partial charge in [0.05, 0.1) is 0 Å². The Morgan fingerprint density at radius 2 is 2.06 bits per heavy atom. The molecule has 1 aromatic rings. The van der Waals surface area contributed by atoms with Crippen LogP contribution in [0.25, 0.3) is 0 Å². The van der Waals surface area contributed by atoms with E-state index in [9.17, 15) is 13.2 Å². The van der Waals surface area contributed by atoms with E-state index in [0.29, 0.717) is 11.7 Å². The summed E-state index contributed by atoms with van der Waals surface area (Å²) in [6, 6.07) is 4.11. The van der Waals surface area contributed by atoms with Gasteiger partial charge in [0.2, 0.25) is 0 Å². The van der Waals surface area contributed by atoms with Crippen LogP contribution in [-0.2, 0) is 6.18 Å². The lowest BCUT2D eigenvalue weighted by Crippen LogP contribution is -2.19. The molecular weight excluding hydrogens is 217 g/mol. The fourth-order valence-electron chi connectivity index (χ4n) is 1.62. The number of nitrogens with zero attached hydrogens (tertiary/aromatic N) is 1. The van der Waals surface area contributed by atoms with Gasteiger partial charge in [-0.25, -0.2) is 4.98 Å². The summed E-state index contributed by atoms with van der Waals surface area (Å²) in [6.45, 7) is 1.97. The third-order valence-corrected chi connectivity index (χ3v) is 2.74. The number of rotatable bonds is 3. The standard InChI is InChI=1S/C11H13F3N2/c1-7(8-5-6-8)15-10-4-2-3-9(16-10)11(12,13)14/h2-4,7-8H,5-6H2,1H3,(H,15,16). The van der Waals surface area contributed by atoms with Gasteiger partial charge in [0.15, 0.2) is 0 Å². The van der Waals surface area contributed by atoms with Gasteiger partial charge in [-0.15, -0.1) is 0 Å². The number of hydrogen-bond donors (Lipinski definition) is 1. The maximum absolute atomic E-state index is 12.4. The summed E-state index contributed by atoms with van der Waals surface area (Å²) in [7, 11) is 0. The SMILES string of the molecule is CC(Nc1cccc(C(F)(F)F)n1)C1CC1. The lowest BCUT2D eigenvalue weighted by Gasteiger charge is -2.14. The van der Waals surface area contributed by atoms with Gasteiger partial charge >= 0.3 is 6.18 Å². The van der Waals surface area contributed by atoms with Crippen molar-refractivity contribution >= 4 is 5.82 Å². The van der Waals surface area contributed by atoms with Crippen molar-refractivity contribution < 1.29 is 13.2 Å². The summed E-state index contributed by atoms with van der Waals surface area (Å²) in [5.41, 5.74) is -0.847. The molecule has 1 aliphatic rings. The highest BCUT2D eigenvalue weighted by molar-refractivity contribution is 5.37. The lowest BCUT2D eigenvalue weighted by atomic mass is 10.2. The molecule has 1 aromatic heterocycles. The van der Waals surface area contributed by atoms with Gasteiger partial charge in [0.1, 0.15) is 11.5 Å². The van der Waals surface area contributed by atoms with Gasteiger partial charge in [-0.2, -0.15) is 13.2 Å². The number of aromatic nitrogens is 1. The van der Waals surface area contributed by atoms with Gasteiger partial charge < -0.3 is 5.32 Å². The average Bonchev–Trinajstić information content (AvgIpc) is 2.99. The molecule has 0 saturated heterocycles. The fraction of sp³-hybridized carbons (Fsp3) is 0.545. The Kier molecular flexibility index (Phi) is 2.78. The normalized spacial score (nSPS) is 18.2. The first-order valence-corrected chi connectivity index (χ1v) is 5.27. The molecule has 88 valence electrons. The topological polar surface area (TPSA) is 24.9 Å². The van der Waals surface area contributed by atoms with E-state index in [1.54, 1.807) is 6.07 Å². The molecule has 5 heteroatoms. The monoisotopic (exact) mass is 230 g/mol. The smallest absolute Gasteiger partial charge is 0.367 e. The van der Waals surface area contributed by atoms with E-state index in [2.05, 4.69) is 10.3 Å². The third-order valence-electron chi connectivity index (χ3n) is 2.74. The minimum Gasteiger partial charge on any atom is -0.367 e. The number of hydrogen-bond acceptors (Lipinski definition) is 2. The zero-order chi connectivity index (χ0) is 11.8. The second-order valence-electron chi connectivity index (χ2n) is 4.18. The second-order valence-corrected chi connectivity index (χ2v) is 4.18. The van der Waals surface area contributed by atoms with Crippen molar-refractivity contribution in [2.75, 3.05) is 5.32 Å². The summed E-state index contributed by atoms with van der Waals surface area (Å²) < 4.78 is 37.2. The van der Waals surface area contributed by atoms with Crippen molar-refractivity contribution in [3.05, 3.63) is 23.9 Å². The summed E-state index contributed by atoms with van der Waals surface area (Å²) in [5, 5.41) is 3.01. The van der Waals surface area contributed by atoms with E-state index < -0.39 is 11.9 Å². The molecule has 2 rings (SSSR count). The number of halogens is 3. The third kappa shape index (κ3) is 2.65. The average molecular weight is 230 g/mol. The maximum atomic E-state index is 12.4. The van der Waals surface area contributed by atoms with Crippen LogP contribution >= 0.6 is 0 Å². The second kappa shape index (κ2) is 3.96. The van der Waals surface area contributed by atoms with Crippen LogP contribution < -0.4 is 5.32 Å². The van der Waals surface area contributed by atoms with Crippen LogP contribution in [0.2, 0.25) is 0 Å². The van der Waals surface area contributed by atoms with Crippen molar-refractivity contribution in [3.8, 4) is 0 Å². The molecular formula is C11H13F3N2. The van der Waals surface area contributed by atoms with E-state index in [0.717, 1.165) is 18.9 Å². The Bertz CT molecular complexity index is 372. The van der Waals surface area contributed by atoms with Gasteiger partial charge in [0.25, 0.3) is 0 Å². The van der Waals surface area contributed by atoms with Crippen molar-refractivity contribution in [2.45, 2.75) is 32.0 Å². The van der Waals surface area contributed by atoms with E-state index in [-0.39, 0.29) is 6.04 Å². The zero-order valence-electron chi connectivity index (χ0n) is 8.88. The van der Waals surface area contributed by atoms with Crippen LogP contribution in [0.1, 0.15) is 25.5 Å². The first kappa shape index (κ1) is 11.2. The number of pyridine rings is 1. The Hall–Kier alpha value is -1.26. The molecule has 0 radical (unpaired) electrons. The number of nitrogens with one attached hydrogen (secondary N) is 1. The van der Waals surface area contributed by atoms with Crippen LogP contribution in [0.5, 0.6) is 0 Å². The summed E-state index contributed by atoms with van der Waals surface area (Å²) in [5.74, 6) is 0.880. The highest BCUT2D eigenvalue weighted by atomic mass is 19.4. The first-order valence-electron chi connectivity index (χ1n) is 5.27. The van der Waals surface area contributed by atoms with Crippen molar-refractivity contribution in [1.29, 1.82) is 0 Å². The first-order chi connectivity index (χ1) is 7.47. The zero-order valence-corrected chi connectivity index (χ0v) is 8.88. The van der Waals surface area contributed by atoms with E-state index in [1.807, 2.05) is 6.92 Å². The van der Waals surface area contributed by atoms with Gasteiger partial charge in [-0.05, 0) is 37.8 Å². The van der Waals surface area contributed by atoms with Crippen molar-refractivity contribution in [2.24, 2.45) is 5.92 Å². The summed E-state index contributed by atoms with van der Waals surface area (Å²) in [6.07, 6.45) is -2.08. The maximum Gasteiger partial charge on any atom is 0.433 e. The van der Waals surface area contributed by atoms with Gasteiger partial charge in [-0.3, -0.25) is 0 Å². The largest absolute Gasteiger partial charge is 0.433 e. The molecule has 0 amide bonds. The van der Waals surface area contributed by atoms with Gasteiger partial charge in [-0.1, -0.05) is 6.07 Å². The van der Waals surface area contributed by atoms with Crippen LogP contribution in [-0.4, -0.2) is 11.0 Å². The molecule has 1 N–H and O–H groups in total. The Labute approximate surface area is 91.9 Å². The van der Waals surface area contributed by atoms with Gasteiger partial charge in [0, 0.05) is 6.04 Å². The molecule has 1 unspecified atom stereocenters. The van der Waals surface area contributed by atoms with E-state index >= 15 is 0 Å². The predicted octanol–water partition coefficient (Wildman–Crippen LogP) is 3.31. The highest BCUT2D eigenvalue weighted by Crippen LogP contribution is 2.34. The molecule has 1 saturated carbocycles. The van der Waals surface area contributed by atoms with E-state index in [4.69, 9.17) is 0 Å². The molecule has 0 aromatic carbocycles. The number of anilines is 1. The van der Waals surface area contributed by atoms with Crippen molar-refractivity contribution in [3.63, 3.8) is 0 Å². The van der Waals surface area contributed by atoms with E-state index in [1.165, 1.54) is 6.07 Å². The molecule has 2 nitrogen and oxygen atoms in total. The highest BCUT2D eigenvalue weighted by Gasteiger charge is 2.33. The number of alkyl halides is 3. The Morgan fingerprint density at radius 1 is 1.38 bits per heavy atom. The molecule has 1 aliphatic carbocycles. The Morgan fingerprint density at radius 3 is 2.62 bits per heavy atom. The van der Waals surface area contributed by atoms with Crippen LogP contribution in [0, 0.1) is 5.92 Å². The van der Waals surface area contributed by atoms with Crippen LogP contribution in [0.4, 0.5) is 19.0 Å². The molecule has 1 atom stereocenters. The minimum atomic E-state index is -4.37. The molecule has 16 heavy (non-hydrogen) atoms. The lowest BCUT2D eigenvalue weighted by molar-refractivity contribution is -0.141.